The molecule has 2 rings (SSSR count). The summed E-state index contributed by atoms with van der Waals surface area (Å²) in [4.78, 5) is 14.6. The molecule has 21 heavy (non-hydrogen) atoms. The van der Waals surface area contributed by atoms with Crippen molar-refractivity contribution in [1.29, 1.82) is 0 Å². The number of hydrogen-bond acceptors (Lipinski definition) is 3. The number of para-hydroxylation sites is 1. The highest BCUT2D eigenvalue weighted by atomic mass is 16.5. The Morgan fingerprint density at radius 1 is 1.43 bits per heavy atom. The van der Waals surface area contributed by atoms with Crippen LogP contribution in [0.4, 0.5) is 0 Å². The van der Waals surface area contributed by atoms with E-state index in [0.29, 0.717) is 5.92 Å². The Kier molecular flexibility index (Phi) is 5.23. The topological polar surface area (TPSA) is 41.6 Å². The molecule has 0 aromatic heterocycles. The monoisotopic (exact) mass is 290 g/mol. The van der Waals surface area contributed by atoms with E-state index < -0.39 is 0 Å². The number of methoxy groups -OCH3 is 1. The molecule has 0 saturated carbocycles. The van der Waals surface area contributed by atoms with Crippen molar-refractivity contribution in [1.82, 2.24) is 10.2 Å². The molecule has 1 fully saturated rings. The van der Waals surface area contributed by atoms with Crippen molar-refractivity contribution in [2.45, 2.75) is 38.8 Å². The molecule has 3 unspecified atom stereocenters. The highest BCUT2D eigenvalue weighted by molar-refractivity contribution is 5.82. The summed E-state index contributed by atoms with van der Waals surface area (Å²) in [5.41, 5.74) is 1.04. The lowest BCUT2D eigenvalue weighted by atomic mass is 9.91. The van der Waals surface area contributed by atoms with Crippen molar-refractivity contribution in [2.75, 3.05) is 20.7 Å². The number of piperidine rings is 1. The van der Waals surface area contributed by atoms with Crippen LogP contribution in [-0.2, 0) is 4.79 Å². The van der Waals surface area contributed by atoms with Gasteiger partial charge >= 0.3 is 0 Å². The first-order valence-electron chi connectivity index (χ1n) is 7.69. The fourth-order valence-corrected chi connectivity index (χ4v) is 3.01. The van der Waals surface area contributed by atoms with Crippen LogP contribution in [0.2, 0.25) is 0 Å². The fraction of sp³-hybridized carbons (Fsp3) is 0.588. The van der Waals surface area contributed by atoms with Gasteiger partial charge in [-0.25, -0.2) is 0 Å². The normalized spacial score (nSPS) is 23.4. The third-order valence-corrected chi connectivity index (χ3v) is 4.55. The highest BCUT2D eigenvalue weighted by Gasteiger charge is 2.32. The molecule has 1 aromatic carbocycles. The summed E-state index contributed by atoms with van der Waals surface area (Å²) >= 11 is 0. The van der Waals surface area contributed by atoms with Crippen LogP contribution in [-0.4, -0.2) is 37.6 Å². The van der Waals surface area contributed by atoms with Gasteiger partial charge in [-0.3, -0.25) is 4.79 Å². The molecule has 1 aromatic rings. The quantitative estimate of drug-likeness (QED) is 0.927. The van der Waals surface area contributed by atoms with Gasteiger partial charge in [-0.05, 0) is 38.3 Å². The molecule has 0 radical (unpaired) electrons. The molecule has 0 bridgehead atoms. The first-order chi connectivity index (χ1) is 10.1. The van der Waals surface area contributed by atoms with Gasteiger partial charge in [0.05, 0.1) is 19.2 Å². The van der Waals surface area contributed by atoms with Crippen LogP contribution >= 0.6 is 0 Å². The van der Waals surface area contributed by atoms with Crippen molar-refractivity contribution >= 4 is 5.91 Å². The minimum atomic E-state index is -0.0686. The van der Waals surface area contributed by atoms with Gasteiger partial charge in [0, 0.05) is 12.6 Å². The van der Waals surface area contributed by atoms with Crippen LogP contribution in [0.25, 0.3) is 0 Å². The van der Waals surface area contributed by atoms with Crippen LogP contribution in [0.1, 0.15) is 38.3 Å². The zero-order valence-corrected chi connectivity index (χ0v) is 13.4. The van der Waals surface area contributed by atoms with Crippen LogP contribution in [0, 0.1) is 5.92 Å². The van der Waals surface area contributed by atoms with Crippen LogP contribution in [0.5, 0.6) is 5.75 Å². The fourth-order valence-electron chi connectivity index (χ4n) is 3.01. The van der Waals surface area contributed by atoms with E-state index in [-0.39, 0.29) is 18.0 Å². The lowest BCUT2D eigenvalue weighted by Crippen LogP contribution is -2.51. The average Bonchev–Trinajstić information content (AvgIpc) is 2.53. The second kappa shape index (κ2) is 6.94. The van der Waals surface area contributed by atoms with Crippen molar-refractivity contribution in [3.05, 3.63) is 29.8 Å². The van der Waals surface area contributed by atoms with E-state index in [0.717, 1.165) is 30.7 Å². The zero-order valence-electron chi connectivity index (χ0n) is 13.4. The van der Waals surface area contributed by atoms with Crippen LogP contribution in [0.15, 0.2) is 24.3 Å². The predicted molar refractivity (Wildman–Crippen MR) is 84.4 cm³/mol. The Hall–Kier alpha value is -1.55. The first-order valence-corrected chi connectivity index (χ1v) is 7.69. The maximum atomic E-state index is 12.7. The Morgan fingerprint density at radius 3 is 2.81 bits per heavy atom. The second-order valence-corrected chi connectivity index (χ2v) is 5.92. The minimum Gasteiger partial charge on any atom is -0.496 e. The molecular weight excluding hydrogens is 264 g/mol. The molecule has 1 amide bonds. The summed E-state index contributed by atoms with van der Waals surface area (Å²) in [5.74, 6) is 1.38. The van der Waals surface area contributed by atoms with Gasteiger partial charge in [0.1, 0.15) is 5.75 Å². The second-order valence-electron chi connectivity index (χ2n) is 5.92. The molecule has 1 aliphatic heterocycles. The maximum absolute atomic E-state index is 12.7. The van der Waals surface area contributed by atoms with E-state index in [1.54, 1.807) is 7.11 Å². The molecule has 4 nitrogen and oxygen atoms in total. The van der Waals surface area contributed by atoms with E-state index in [4.69, 9.17) is 4.74 Å². The smallest absolute Gasteiger partial charge is 0.240 e. The number of carbonyl (C=O) groups excluding carboxylic acids is 1. The summed E-state index contributed by atoms with van der Waals surface area (Å²) in [6, 6.07) is 7.80. The molecule has 0 spiro atoms. The van der Waals surface area contributed by atoms with E-state index in [2.05, 4.69) is 12.2 Å². The van der Waals surface area contributed by atoms with Gasteiger partial charge in [0.2, 0.25) is 5.91 Å². The Balaban J connectivity index is 2.14. The van der Waals surface area contributed by atoms with Crippen LogP contribution < -0.4 is 10.1 Å². The van der Waals surface area contributed by atoms with Crippen molar-refractivity contribution in [3.8, 4) is 5.75 Å². The molecule has 1 heterocycles. The predicted octanol–water partition coefficient (Wildman–Crippen LogP) is 2.60. The number of hydrogen-bond donors (Lipinski definition) is 1. The lowest BCUT2D eigenvalue weighted by molar-refractivity contribution is -0.136. The molecular formula is C17H26N2O2. The van der Waals surface area contributed by atoms with E-state index in [1.165, 1.54) is 0 Å². The van der Waals surface area contributed by atoms with Gasteiger partial charge in [0.15, 0.2) is 0 Å². The Morgan fingerprint density at radius 2 is 2.14 bits per heavy atom. The van der Waals surface area contributed by atoms with E-state index >= 15 is 0 Å². The standard InChI is InChI=1S/C17H26N2O2/c1-12-8-7-11-18-16(12)17(20)19(3)13(2)14-9-5-6-10-15(14)21-4/h5-6,9-10,12-13,16,18H,7-8,11H2,1-4H3. The highest BCUT2D eigenvalue weighted by Crippen LogP contribution is 2.29. The van der Waals surface area contributed by atoms with Gasteiger partial charge in [-0.1, -0.05) is 25.1 Å². The van der Waals surface area contributed by atoms with Gasteiger partial charge in [-0.15, -0.1) is 0 Å². The molecule has 116 valence electrons. The number of amides is 1. The number of benzene rings is 1. The summed E-state index contributed by atoms with van der Waals surface area (Å²) in [6.45, 7) is 5.12. The van der Waals surface area contributed by atoms with E-state index in [9.17, 15) is 4.79 Å². The average molecular weight is 290 g/mol. The zero-order chi connectivity index (χ0) is 15.4. The van der Waals surface area contributed by atoms with Gasteiger partial charge in [-0.2, -0.15) is 0 Å². The minimum absolute atomic E-state index is 0.00965. The Labute approximate surface area is 127 Å². The molecule has 0 aliphatic carbocycles. The number of nitrogens with zero attached hydrogens (tertiary/aromatic N) is 1. The number of carbonyl (C=O) groups is 1. The first kappa shape index (κ1) is 15.8. The third-order valence-electron chi connectivity index (χ3n) is 4.55. The number of ether oxygens (including phenoxy) is 1. The van der Waals surface area contributed by atoms with Crippen LogP contribution in [0.3, 0.4) is 0 Å². The molecule has 1 saturated heterocycles. The van der Waals surface area contributed by atoms with Crippen molar-refractivity contribution in [2.24, 2.45) is 5.92 Å². The number of rotatable bonds is 4. The molecule has 1 N–H and O–H groups in total. The van der Waals surface area contributed by atoms with Crippen molar-refractivity contribution < 1.29 is 9.53 Å². The largest absolute Gasteiger partial charge is 0.496 e. The van der Waals surface area contributed by atoms with Gasteiger partial charge in [0.25, 0.3) is 0 Å². The lowest BCUT2D eigenvalue weighted by Gasteiger charge is -2.35. The molecule has 4 heteroatoms. The summed E-state index contributed by atoms with van der Waals surface area (Å²) in [7, 11) is 3.54. The summed E-state index contributed by atoms with van der Waals surface area (Å²) in [6.07, 6.45) is 2.26. The number of nitrogens with one attached hydrogen (secondary N) is 1. The van der Waals surface area contributed by atoms with Crippen molar-refractivity contribution in [3.63, 3.8) is 0 Å². The maximum Gasteiger partial charge on any atom is 0.240 e. The molecule has 1 aliphatic rings. The molecule has 3 atom stereocenters. The SMILES string of the molecule is COc1ccccc1C(C)N(C)C(=O)C1NCCCC1C. The summed E-state index contributed by atoms with van der Waals surface area (Å²) < 4.78 is 5.41. The summed E-state index contributed by atoms with van der Waals surface area (Å²) in [5, 5.41) is 3.36. The third kappa shape index (κ3) is 3.38. The van der Waals surface area contributed by atoms with E-state index in [1.807, 2.05) is 43.1 Å². The number of likely N-dealkylation sites (N-methyl/N-ethyl adjacent to an activating group) is 1. The van der Waals surface area contributed by atoms with Gasteiger partial charge < -0.3 is 15.0 Å². The Bertz CT molecular complexity index is 489.